The highest BCUT2D eigenvalue weighted by Gasteiger charge is 2.33. The van der Waals surface area contributed by atoms with E-state index in [-0.39, 0.29) is 12.7 Å². The van der Waals surface area contributed by atoms with E-state index in [1.807, 2.05) is 90.9 Å². The minimum Gasteiger partial charge on any atom is -0.418 e. The maximum absolute atomic E-state index is 13.1. The topological polar surface area (TPSA) is 22.1 Å². The molecule has 6 heteroatoms. The lowest BCUT2D eigenvalue weighted by Gasteiger charge is -2.28. The molecule has 40 heavy (non-hydrogen) atoms. The Labute approximate surface area is 243 Å². The van der Waals surface area contributed by atoms with Crippen molar-refractivity contribution in [2.45, 2.75) is 101 Å². The lowest BCUT2D eigenvalue weighted by molar-refractivity contribution is -0.137. The van der Waals surface area contributed by atoms with Gasteiger partial charge in [0.25, 0.3) is 0 Å². The van der Waals surface area contributed by atoms with Gasteiger partial charge in [-0.1, -0.05) is 129 Å². The summed E-state index contributed by atoms with van der Waals surface area (Å²) >= 11 is 0. The van der Waals surface area contributed by atoms with E-state index in [0.717, 1.165) is 17.6 Å². The first-order valence-electron chi connectivity index (χ1n) is 14.6. The van der Waals surface area contributed by atoms with E-state index in [9.17, 15) is 13.2 Å². The fourth-order valence-corrected chi connectivity index (χ4v) is 3.47. The van der Waals surface area contributed by atoms with Gasteiger partial charge in [0.1, 0.15) is 6.10 Å². The summed E-state index contributed by atoms with van der Waals surface area (Å²) in [4.78, 5) is 4.44. The van der Waals surface area contributed by atoms with Crippen LogP contribution in [0, 0.1) is 0 Å². The van der Waals surface area contributed by atoms with Crippen molar-refractivity contribution in [2.24, 2.45) is 0 Å². The van der Waals surface area contributed by atoms with Gasteiger partial charge in [-0.05, 0) is 55.0 Å². The molecule has 3 rings (SSSR count). The third-order valence-electron chi connectivity index (χ3n) is 5.54. The molecular formula is C34H51BF3NO. The molecule has 0 bridgehead atoms. The van der Waals surface area contributed by atoms with Gasteiger partial charge in [-0.3, -0.25) is 4.98 Å². The number of hydrogen-bond donors (Lipinski definition) is 0. The van der Waals surface area contributed by atoms with Crippen LogP contribution in [-0.2, 0) is 10.8 Å². The smallest absolute Gasteiger partial charge is 0.416 e. The van der Waals surface area contributed by atoms with Gasteiger partial charge in [0.15, 0.2) is 0 Å². The maximum atomic E-state index is 13.1. The van der Waals surface area contributed by atoms with Crippen LogP contribution in [0.25, 0.3) is 0 Å². The minimum atomic E-state index is -4.38. The van der Waals surface area contributed by atoms with Crippen LogP contribution in [0.5, 0.6) is 0 Å². The van der Waals surface area contributed by atoms with Gasteiger partial charge >= 0.3 is 13.1 Å². The van der Waals surface area contributed by atoms with Crippen molar-refractivity contribution in [3.05, 3.63) is 107 Å². The lowest BCUT2D eigenvalue weighted by Crippen LogP contribution is -2.39. The van der Waals surface area contributed by atoms with Crippen LogP contribution >= 0.6 is 0 Å². The van der Waals surface area contributed by atoms with Gasteiger partial charge in [0, 0.05) is 6.20 Å². The molecule has 0 radical (unpaired) electrons. The molecule has 1 aromatic heterocycles. The van der Waals surface area contributed by atoms with E-state index in [2.05, 4.69) is 38.8 Å². The molecule has 222 valence electrons. The molecule has 2 atom stereocenters. The number of aromatic nitrogens is 1. The van der Waals surface area contributed by atoms with Gasteiger partial charge in [0.05, 0.1) is 11.3 Å². The Kier molecular flexibility index (Phi) is 22.5. The fraction of sp³-hybridized carbons (Fsp3) is 0.441. The molecule has 0 N–H and O–H groups in total. The van der Waals surface area contributed by atoms with Crippen molar-refractivity contribution >= 4 is 12.4 Å². The standard InChI is InChI=1S/C25H25BF3NO.C3H8.3C2H6/c1-4-18(2)19(3)26(22-10-6-5-7-11-22)31-24(23-12-8-9-17-30-23)20-13-15-21(16-14-20)25(27,28)29;1-3-2;3*1-2/h4-17,19,24H,1-3H3;3H2,1-2H3;3*1-2H3/b18-4-;;;;. The van der Waals surface area contributed by atoms with Crippen molar-refractivity contribution in [1.82, 2.24) is 4.98 Å². The van der Waals surface area contributed by atoms with Crippen molar-refractivity contribution in [3.8, 4) is 0 Å². The van der Waals surface area contributed by atoms with E-state index in [4.69, 9.17) is 4.65 Å². The molecule has 0 saturated carbocycles. The number of alkyl halides is 3. The molecule has 0 aliphatic rings. The molecule has 0 spiro atoms. The number of halogens is 3. The zero-order valence-corrected chi connectivity index (χ0v) is 26.5. The summed E-state index contributed by atoms with van der Waals surface area (Å²) in [6.07, 6.45) is -0.0312. The van der Waals surface area contributed by atoms with Gasteiger partial charge < -0.3 is 4.65 Å². The monoisotopic (exact) mass is 557 g/mol. The van der Waals surface area contributed by atoms with E-state index < -0.39 is 17.8 Å². The Balaban J connectivity index is 0. The third kappa shape index (κ3) is 13.5. The SMILES string of the molecule is C/C=C(/C)C(C)B(OC(c1ccc(C(F)(F)F)cc1)c1ccccn1)c1ccccc1.CC.CC.CC.CCC. The van der Waals surface area contributed by atoms with E-state index in [0.29, 0.717) is 11.3 Å². The Morgan fingerprint density at radius 1 is 0.850 bits per heavy atom. The first kappa shape index (κ1) is 39.3. The maximum Gasteiger partial charge on any atom is 0.416 e. The first-order chi connectivity index (χ1) is 19.2. The number of allylic oxidation sites excluding steroid dienone is 2. The second kappa shape index (κ2) is 22.9. The van der Waals surface area contributed by atoms with Crippen molar-refractivity contribution < 1.29 is 17.8 Å². The van der Waals surface area contributed by atoms with E-state index in [1.165, 1.54) is 24.1 Å². The van der Waals surface area contributed by atoms with Crippen LogP contribution in [0.3, 0.4) is 0 Å². The molecule has 2 aromatic carbocycles. The van der Waals surface area contributed by atoms with Crippen molar-refractivity contribution in [1.29, 1.82) is 0 Å². The van der Waals surface area contributed by atoms with Crippen LogP contribution in [0.4, 0.5) is 13.2 Å². The molecule has 0 aliphatic carbocycles. The minimum absolute atomic E-state index is 0.0630. The normalized spacial score (nSPS) is 11.9. The third-order valence-corrected chi connectivity index (χ3v) is 5.54. The molecule has 2 unspecified atom stereocenters. The number of pyridine rings is 1. The Hall–Kier alpha value is -2.86. The Morgan fingerprint density at radius 2 is 1.35 bits per heavy atom. The average molecular weight is 558 g/mol. The van der Waals surface area contributed by atoms with Crippen LogP contribution in [0.1, 0.15) is 106 Å². The summed E-state index contributed by atoms with van der Waals surface area (Å²) in [5, 5.41) is 0. The molecule has 3 aromatic rings. The van der Waals surface area contributed by atoms with Crippen LogP contribution in [0.2, 0.25) is 5.82 Å². The molecule has 0 saturated heterocycles. The van der Waals surface area contributed by atoms with Gasteiger partial charge in [-0.15, -0.1) is 0 Å². The van der Waals surface area contributed by atoms with E-state index in [1.54, 1.807) is 12.3 Å². The quantitative estimate of drug-likeness (QED) is 0.213. The summed E-state index contributed by atoms with van der Waals surface area (Å²) in [5.74, 6) is 0.0630. The van der Waals surface area contributed by atoms with Crippen LogP contribution < -0.4 is 5.46 Å². The predicted molar refractivity (Wildman–Crippen MR) is 169 cm³/mol. The van der Waals surface area contributed by atoms with Crippen LogP contribution in [-0.4, -0.2) is 11.9 Å². The molecule has 1 heterocycles. The zero-order chi connectivity index (χ0) is 31.1. The Bertz CT molecular complexity index is 1010. The highest BCUT2D eigenvalue weighted by atomic mass is 19.4. The fourth-order valence-electron chi connectivity index (χ4n) is 3.47. The number of rotatable bonds is 7. The molecule has 0 amide bonds. The predicted octanol–water partition coefficient (Wildman–Crippen LogP) is 11.0. The van der Waals surface area contributed by atoms with Gasteiger partial charge in [-0.25, -0.2) is 0 Å². The zero-order valence-electron chi connectivity index (χ0n) is 26.5. The average Bonchev–Trinajstić information content (AvgIpc) is 3.01. The summed E-state index contributed by atoms with van der Waals surface area (Å²) < 4.78 is 45.8. The summed E-state index contributed by atoms with van der Waals surface area (Å²) in [5.41, 5.74) is 2.75. The molecular weight excluding hydrogens is 506 g/mol. The highest BCUT2D eigenvalue weighted by Crippen LogP contribution is 2.33. The highest BCUT2D eigenvalue weighted by molar-refractivity contribution is 6.69. The summed E-state index contributed by atoms with van der Waals surface area (Å²) in [7, 11) is 0. The second-order valence-electron chi connectivity index (χ2n) is 8.25. The van der Waals surface area contributed by atoms with Crippen molar-refractivity contribution in [2.75, 3.05) is 0 Å². The second-order valence-corrected chi connectivity index (χ2v) is 8.25. The van der Waals surface area contributed by atoms with E-state index >= 15 is 0 Å². The van der Waals surface area contributed by atoms with Gasteiger partial charge in [-0.2, -0.15) is 13.2 Å². The summed E-state index contributed by atoms with van der Waals surface area (Å²) in [6.45, 7) is 22.1. The summed E-state index contributed by atoms with van der Waals surface area (Å²) in [6, 6.07) is 20.5. The van der Waals surface area contributed by atoms with Gasteiger partial charge in [0.2, 0.25) is 0 Å². The van der Waals surface area contributed by atoms with Crippen LogP contribution in [0.15, 0.2) is 90.6 Å². The lowest BCUT2D eigenvalue weighted by atomic mass is 9.49. The number of hydrogen-bond acceptors (Lipinski definition) is 2. The molecule has 0 aliphatic heterocycles. The Morgan fingerprint density at radius 3 is 1.77 bits per heavy atom. The van der Waals surface area contributed by atoms with Crippen molar-refractivity contribution in [3.63, 3.8) is 0 Å². The molecule has 2 nitrogen and oxygen atoms in total. The number of nitrogens with zero attached hydrogens (tertiary/aromatic N) is 1. The number of benzene rings is 2. The first-order valence-corrected chi connectivity index (χ1v) is 14.6. The molecule has 0 fully saturated rings. The largest absolute Gasteiger partial charge is 0.418 e.